The summed E-state index contributed by atoms with van der Waals surface area (Å²) in [7, 11) is 0. The van der Waals surface area contributed by atoms with Crippen LogP contribution in [0.5, 0.6) is 0 Å². The Morgan fingerprint density at radius 1 is 0.636 bits per heavy atom. The summed E-state index contributed by atoms with van der Waals surface area (Å²) >= 11 is 3.88. The molecular weight excluding hydrogens is 304 g/mol. The molecule has 0 N–H and O–H groups in total. The van der Waals surface area contributed by atoms with Gasteiger partial charge in [-0.15, -0.1) is 0 Å². The fourth-order valence-corrected chi connectivity index (χ4v) is 5.42. The molecule has 22 heavy (non-hydrogen) atoms. The van der Waals surface area contributed by atoms with Crippen LogP contribution in [-0.4, -0.2) is 0 Å². The molecule has 4 rings (SSSR count). The van der Waals surface area contributed by atoms with Crippen molar-refractivity contribution in [3.05, 3.63) is 82.6 Å². The molecule has 2 aliphatic rings. The fourth-order valence-electron chi connectivity index (χ4n) is 3.18. The zero-order valence-electron chi connectivity index (χ0n) is 12.3. The lowest BCUT2D eigenvalue weighted by atomic mass is 10.00. The molecule has 0 bridgehead atoms. The van der Waals surface area contributed by atoms with Gasteiger partial charge in [-0.25, -0.2) is 0 Å². The highest BCUT2D eigenvalue weighted by Gasteiger charge is 2.32. The topological polar surface area (TPSA) is 0 Å². The Balaban J connectivity index is 1.43. The Morgan fingerprint density at radius 2 is 1.09 bits per heavy atom. The lowest BCUT2D eigenvalue weighted by molar-refractivity contribution is 0.523. The minimum Gasteiger partial charge on any atom is -0.0949 e. The number of fused-ring (bicyclic) bond motifs is 1. The van der Waals surface area contributed by atoms with Crippen molar-refractivity contribution >= 4 is 23.5 Å². The van der Waals surface area contributed by atoms with Gasteiger partial charge in [-0.1, -0.05) is 72.1 Å². The zero-order chi connectivity index (χ0) is 14.8. The monoisotopic (exact) mass is 322 g/mol. The molecule has 0 radical (unpaired) electrons. The van der Waals surface area contributed by atoms with E-state index in [0.717, 1.165) is 5.92 Å². The van der Waals surface area contributed by atoms with Gasteiger partial charge in [-0.05, 0) is 52.8 Å². The van der Waals surface area contributed by atoms with E-state index in [1.54, 1.807) is 9.81 Å². The molecule has 2 aliphatic carbocycles. The van der Waals surface area contributed by atoms with E-state index in [-0.39, 0.29) is 0 Å². The lowest BCUT2D eigenvalue weighted by Gasteiger charge is -2.09. The summed E-state index contributed by atoms with van der Waals surface area (Å²) < 4.78 is 0. The standard InChI is InChI=1S/C20H18S2/c1-3-7-17(8-4-1)21-19-11-15-13-20(14-16(15)12-19)22-18-9-5-2-6-10-18/h1-11,13,15-16H,12,14H2. The lowest BCUT2D eigenvalue weighted by Crippen LogP contribution is -1.97. The molecule has 0 amide bonds. The van der Waals surface area contributed by atoms with Crippen LogP contribution in [-0.2, 0) is 0 Å². The van der Waals surface area contributed by atoms with Gasteiger partial charge in [0.2, 0.25) is 0 Å². The van der Waals surface area contributed by atoms with Crippen molar-refractivity contribution < 1.29 is 0 Å². The predicted molar refractivity (Wildman–Crippen MR) is 97.0 cm³/mol. The van der Waals surface area contributed by atoms with E-state index in [1.807, 2.05) is 23.5 Å². The highest BCUT2D eigenvalue weighted by molar-refractivity contribution is 8.03. The Bertz CT molecular complexity index is 640. The third-order valence-corrected chi connectivity index (χ3v) is 6.36. The average molecular weight is 322 g/mol. The summed E-state index contributed by atoms with van der Waals surface area (Å²) in [5, 5.41) is 0. The van der Waals surface area contributed by atoms with Crippen LogP contribution >= 0.6 is 23.5 Å². The van der Waals surface area contributed by atoms with Gasteiger partial charge >= 0.3 is 0 Å². The quantitative estimate of drug-likeness (QED) is 0.640. The smallest absolute Gasteiger partial charge is 0.0118 e. The maximum Gasteiger partial charge on any atom is 0.0118 e. The molecule has 0 unspecified atom stereocenters. The highest BCUT2D eigenvalue weighted by Crippen LogP contribution is 2.49. The Labute approximate surface area is 140 Å². The average Bonchev–Trinajstić information content (AvgIpc) is 3.07. The van der Waals surface area contributed by atoms with Crippen molar-refractivity contribution in [1.82, 2.24) is 0 Å². The van der Waals surface area contributed by atoms with Crippen LogP contribution in [0.15, 0.2) is 92.4 Å². The number of benzene rings is 2. The zero-order valence-corrected chi connectivity index (χ0v) is 13.9. The highest BCUT2D eigenvalue weighted by atomic mass is 32.2. The van der Waals surface area contributed by atoms with E-state index in [4.69, 9.17) is 0 Å². The molecule has 0 heterocycles. The molecule has 0 aromatic heterocycles. The van der Waals surface area contributed by atoms with Gasteiger partial charge in [0.15, 0.2) is 0 Å². The number of thioether (sulfide) groups is 2. The maximum atomic E-state index is 2.49. The van der Waals surface area contributed by atoms with Gasteiger partial charge in [-0.3, -0.25) is 0 Å². The largest absolute Gasteiger partial charge is 0.0949 e. The number of hydrogen-bond donors (Lipinski definition) is 0. The molecule has 110 valence electrons. The van der Waals surface area contributed by atoms with Crippen molar-refractivity contribution in [3.8, 4) is 0 Å². The van der Waals surface area contributed by atoms with Crippen LogP contribution < -0.4 is 0 Å². The first-order chi connectivity index (χ1) is 10.9. The van der Waals surface area contributed by atoms with E-state index in [9.17, 15) is 0 Å². The van der Waals surface area contributed by atoms with Crippen LogP contribution in [0, 0.1) is 11.8 Å². The van der Waals surface area contributed by atoms with E-state index >= 15 is 0 Å². The molecule has 0 saturated heterocycles. The summed E-state index contributed by atoms with van der Waals surface area (Å²) in [5.74, 6) is 1.44. The van der Waals surface area contributed by atoms with Crippen molar-refractivity contribution in [2.45, 2.75) is 22.6 Å². The first-order valence-electron chi connectivity index (χ1n) is 7.74. The molecule has 0 spiro atoms. The minimum absolute atomic E-state index is 0.650. The van der Waals surface area contributed by atoms with Crippen LogP contribution in [0.4, 0.5) is 0 Å². The molecule has 0 aliphatic heterocycles. The van der Waals surface area contributed by atoms with Crippen molar-refractivity contribution in [2.75, 3.05) is 0 Å². The summed E-state index contributed by atoms with van der Waals surface area (Å²) in [6, 6.07) is 21.4. The predicted octanol–water partition coefficient (Wildman–Crippen LogP) is 6.38. The Hall–Kier alpha value is -1.38. The van der Waals surface area contributed by atoms with E-state index in [2.05, 4.69) is 72.8 Å². The second-order valence-electron chi connectivity index (χ2n) is 5.84. The molecule has 0 nitrogen and oxygen atoms in total. The van der Waals surface area contributed by atoms with Gasteiger partial charge in [0.25, 0.3) is 0 Å². The Kier molecular flexibility index (Phi) is 4.13. The van der Waals surface area contributed by atoms with Crippen molar-refractivity contribution in [2.24, 2.45) is 11.8 Å². The molecular formula is C20H18S2. The maximum absolute atomic E-state index is 2.49. The van der Waals surface area contributed by atoms with Gasteiger partial charge in [0.05, 0.1) is 0 Å². The number of rotatable bonds is 4. The van der Waals surface area contributed by atoms with Gasteiger partial charge in [0.1, 0.15) is 0 Å². The molecule has 0 atom stereocenters. The van der Waals surface area contributed by atoms with Gasteiger partial charge < -0.3 is 0 Å². The minimum atomic E-state index is 0.650. The van der Waals surface area contributed by atoms with Crippen LogP contribution in [0.1, 0.15) is 12.8 Å². The van der Waals surface area contributed by atoms with E-state index in [0.29, 0.717) is 5.92 Å². The van der Waals surface area contributed by atoms with Gasteiger partial charge in [-0.2, -0.15) is 0 Å². The van der Waals surface area contributed by atoms with Gasteiger partial charge in [0, 0.05) is 15.7 Å². The third kappa shape index (κ3) is 3.18. The second-order valence-corrected chi connectivity index (χ2v) is 8.24. The normalized spacial score (nSPS) is 23.1. The molecule has 0 fully saturated rings. The Morgan fingerprint density at radius 3 is 1.50 bits per heavy atom. The van der Waals surface area contributed by atoms with E-state index in [1.165, 1.54) is 22.6 Å². The molecule has 2 heteroatoms. The van der Waals surface area contributed by atoms with Crippen molar-refractivity contribution in [1.29, 1.82) is 0 Å². The molecule has 2 aromatic rings. The summed E-state index contributed by atoms with van der Waals surface area (Å²) in [6.07, 6.45) is 7.45. The fraction of sp³-hybridized carbons (Fsp3) is 0.200. The first kappa shape index (κ1) is 14.2. The summed E-state index contributed by atoms with van der Waals surface area (Å²) in [5.41, 5.74) is 0. The van der Waals surface area contributed by atoms with Crippen LogP contribution in [0.2, 0.25) is 0 Å². The van der Waals surface area contributed by atoms with Crippen molar-refractivity contribution in [3.63, 3.8) is 0 Å². The first-order valence-corrected chi connectivity index (χ1v) is 9.37. The number of hydrogen-bond acceptors (Lipinski definition) is 2. The van der Waals surface area contributed by atoms with Crippen LogP contribution in [0.25, 0.3) is 0 Å². The second kappa shape index (κ2) is 6.39. The van der Waals surface area contributed by atoms with E-state index < -0.39 is 0 Å². The summed E-state index contributed by atoms with van der Waals surface area (Å²) in [6.45, 7) is 0. The molecule has 2 aromatic carbocycles. The summed E-state index contributed by atoms with van der Waals surface area (Å²) in [4.78, 5) is 5.80. The van der Waals surface area contributed by atoms with Crippen LogP contribution in [0.3, 0.4) is 0 Å². The SMILES string of the molecule is C1=C(Sc2ccccc2)CC2CC(Sc3ccccc3)=CC12. The number of allylic oxidation sites excluding steroid dienone is 4. The molecule has 0 saturated carbocycles. The third-order valence-electron chi connectivity index (χ3n) is 4.21.